The van der Waals surface area contributed by atoms with Gasteiger partial charge in [0.1, 0.15) is 0 Å². The largest absolute Gasteiger partial charge is 0.0533 e. The van der Waals surface area contributed by atoms with E-state index < -0.39 is 0 Å². The maximum Gasteiger partial charge on any atom is -0.0383 e. The minimum atomic E-state index is 1.25. The normalized spacial score (nSPS) is 24.0. The smallest absolute Gasteiger partial charge is 0.0383 e. The van der Waals surface area contributed by atoms with Crippen LogP contribution in [0.4, 0.5) is 0 Å². The Bertz CT molecular complexity index is 64.0. The van der Waals surface area contributed by atoms with Crippen molar-refractivity contribution in [2.75, 3.05) is 0 Å². The van der Waals surface area contributed by atoms with Crippen LogP contribution in [-0.4, -0.2) is 0 Å². The summed E-state index contributed by atoms with van der Waals surface area (Å²) in [7, 11) is 0. The average molecular weight is 222 g/mol. The summed E-state index contributed by atoms with van der Waals surface area (Å²) in [5.41, 5.74) is 0. The number of hydrogen-bond acceptors (Lipinski definition) is 0. The molecule has 0 atom stereocenters. The van der Waals surface area contributed by atoms with Crippen molar-refractivity contribution in [3.05, 3.63) is 12.8 Å². The minimum Gasteiger partial charge on any atom is -0.0533 e. The molecule has 0 N–H and O–H groups in total. The molecule has 0 nitrogen and oxygen atoms in total. The Labute approximate surface area is 103 Å². The van der Waals surface area contributed by atoms with Gasteiger partial charge >= 0.3 is 0 Å². The molecule has 1 saturated carbocycles. The Morgan fingerprint density at radius 3 is 1.06 bits per heavy atom. The summed E-state index contributed by atoms with van der Waals surface area (Å²) in [6, 6.07) is 0. The molecule has 1 aliphatic carbocycles. The molecule has 0 unspecified atom stereocenters. The van der Waals surface area contributed by atoms with E-state index in [2.05, 4.69) is 12.8 Å². The van der Waals surface area contributed by atoms with Gasteiger partial charge in [0, 0.05) is 0 Å². The summed E-state index contributed by atoms with van der Waals surface area (Å²) in [6.07, 6.45) is 25.0. The molecule has 0 saturated heterocycles. The molecule has 0 aromatic carbocycles. The van der Waals surface area contributed by atoms with E-state index >= 15 is 0 Å². The molecule has 0 aromatic rings. The van der Waals surface area contributed by atoms with E-state index in [1.165, 1.54) is 89.9 Å². The fourth-order valence-electron chi connectivity index (χ4n) is 2.52. The Balaban J connectivity index is 2.00. The second-order valence-electron chi connectivity index (χ2n) is 5.28. The Morgan fingerprint density at radius 1 is 0.375 bits per heavy atom. The molecular formula is C16H30. The summed E-state index contributed by atoms with van der Waals surface area (Å²) >= 11 is 0. The van der Waals surface area contributed by atoms with Crippen LogP contribution in [0.2, 0.25) is 0 Å². The van der Waals surface area contributed by atoms with Crippen LogP contribution in [-0.2, 0) is 0 Å². The molecule has 0 heteroatoms. The highest BCUT2D eigenvalue weighted by Crippen LogP contribution is 2.15. The molecule has 1 rings (SSSR count). The van der Waals surface area contributed by atoms with E-state index in [4.69, 9.17) is 0 Å². The Hall–Kier alpha value is 0. The number of rotatable bonds is 0. The summed E-state index contributed by atoms with van der Waals surface area (Å²) in [5, 5.41) is 0. The van der Waals surface area contributed by atoms with Crippen LogP contribution >= 0.6 is 0 Å². The maximum atomic E-state index is 2.48. The monoisotopic (exact) mass is 222 g/mol. The predicted octanol–water partition coefficient (Wildman–Crippen LogP) is 5.87. The predicted molar refractivity (Wildman–Crippen MR) is 73.2 cm³/mol. The maximum absolute atomic E-state index is 2.48. The van der Waals surface area contributed by atoms with Gasteiger partial charge in [-0.25, -0.2) is 0 Å². The van der Waals surface area contributed by atoms with Gasteiger partial charge in [-0.1, -0.05) is 83.5 Å². The van der Waals surface area contributed by atoms with Gasteiger partial charge in [-0.15, -0.1) is 0 Å². The topological polar surface area (TPSA) is 0 Å². The first kappa shape index (κ1) is 14.1. The van der Waals surface area contributed by atoms with E-state index in [0.29, 0.717) is 0 Å². The van der Waals surface area contributed by atoms with Gasteiger partial charge in [-0.05, 0) is 19.3 Å². The summed E-state index contributed by atoms with van der Waals surface area (Å²) in [6.45, 7) is 0. The van der Waals surface area contributed by atoms with Crippen LogP contribution in [0.15, 0.2) is 0 Å². The first-order valence-corrected chi connectivity index (χ1v) is 7.63. The fourth-order valence-corrected chi connectivity index (χ4v) is 2.52. The van der Waals surface area contributed by atoms with Crippen LogP contribution < -0.4 is 0 Å². The third kappa shape index (κ3) is 9.24. The minimum absolute atomic E-state index is 1.25. The van der Waals surface area contributed by atoms with Gasteiger partial charge in [-0.2, -0.15) is 0 Å². The first-order chi connectivity index (χ1) is 8.00. The van der Waals surface area contributed by atoms with Crippen LogP contribution in [0.5, 0.6) is 0 Å². The van der Waals surface area contributed by atoms with Gasteiger partial charge in [0.2, 0.25) is 0 Å². The van der Waals surface area contributed by atoms with Crippen molar-refractivity contribution in [1.29, 1.82) is 0 Å². The summed E-state index contributed by atoms with van der Waals surface area (Å²) < 4.78 is 0. The Morgan fingerprint density at radius 2 is 0.688 bits per heavy atom. The molecular weight excluding hydrogens is 192 g/mol. The highest BCUT2D eigenvalue weighted by molar-refractivity contribution is 4.75. The molecule has 0 bridgehead atoms. The molecule has 0 spiro atoms. The van der Waals surface area contributed by atoms with E-state index in [0.717, 1.165) is 0 Å². The highest BCUT2D eigenvalue weighted by atomic mass is 14.0. The lowest BCUT2D eigenvalue weighted by Gasteiger charge is -2.05. The zero-order valence-corrected chi connectivity index (χ0v) is 11.1. The van der Waals surface area contributed by atoms with E-state index in [-0.39, 0.29) is 0 Å². The fraction of sp³-hybridized carbons (Fsp3) is 0.875. The van der Waals surface area contributed by atoms with Gasteiger partial charge in [-0.3, -0.25) is 0 Å². The number of hydrogen-bond donors (Lipinski definition) is 0. The molecule has 1 fully saturated rings. The van der Waals surface area contributed by atoms with E-state index in [1.807, 2.05) is 0 Å². The van der Waals surface area contributed by atoms with Crippen LogP contribution in [0.3, 0.4) is 0 Å². The second-order valence-corrected chi connectivity index (χ2v) is 5.28. The SMILES string of the molecule is [CH]1C[CH]CCCCCCCCCCCCC1. The van der Waals surface area contributed by atoms with Gasteiger partial charge in [0.15, 0.2) is 0 Å². The van der Waals surface area contributed by atoms with Crippen molar-refractivity contribution in [3.8, 4) is 0 Å². The Kier molecular flexibility index (Phi) is 10.1. The van der Waals surface area contributed by atoms with Crippen LogP contribution in [0, 0.1) is 12.8 Å². The lowest BCUT2D eigenvalue weighted by Crippen LogP contribution is -1.86. The summed E-state index contributed by atoms with van der Waals surface area (Å²) in [4.78, 5) is 0. The van der Waals surface area contributed by atoms with Crippen molar-refractivity contribution in [3.63, 3.8) is 0 Å². The molecule has 94 valence electrons. The van der Waals surface area contributed by atoms with E-state index in [1.54, 1.807) is 0 Å². The lowest BCUT2D eigenvalue weighted by molar-refractivity contribution is 0.539. The summed E-state index contributed by atoms with van der Waals surface area (Å²) in [5.74, 6) is 0. The van der Waals surface area contributed by atoms with Gasteiger partial charge in [0.05, 0.1) is 0 Å². The second kappa shape index (κ2) is 11.5. The van der Waals surface area contributed by atoms with Crippen molar-refractivity contribution < 1.29 is 0 Å². The van der Waals surface area contributed by atoms with E-state index in [9.17, 15) is 0 Å². The molecule has 0 amide bonds. The average Bonchev–Trinajstić information content (AvgIpc) is 2.29. The van der Waals surface area contributed by atoms with Crippen molar-refractivity contribution in [2.45, 2.75) is 89.9 Å². The van der Waals surface area contributed by atoms with Gasteiger partial charge < -0.3 is 0 Å². The van der Waals surface area contributed by atoms with Crippen LogP contribution in [0.25, 0.3) is 0 Å². The zero-order chi connectivity index (χ0) is 11.3. The molecule has 1 aliphatic rings. The van der Waals surface area contributed by atoms with Crippen molar-refractivity contribution >= 4 is 0 Å². The molecule has 0 aromatic heterocycles. The molecule has 0 heterocycles. The molecule has 0 aliphatic heterocycles. The van der Waals surface area contributed by atoms with Crippen molar-refractivity contribution in [1.82, 2.24) is 0 Å². The zero-order valence-electron chi connectivity index (χ0n) is 11.1. The quantitative estimate of drug-likeness (QED) is 0.481. The highest BCUT2D eigenvalue weighted by Gasteiger charge is 1.96. The third-order valence-corrected chi connectivity index (χ3v) is 3.65. The first-order valence-electron chi connectivity index (χ1n) is 7.63. The van der Waals surface area contributed by atoms with Gasteiger partial charge in [0.25, 0.3) is 0 Å². The third-order valence-electron chi connectivity index (χ3n) is 3.65. The van der Waals surface area contributed by atoms with Crippen molar-refractivity contribution in [2.24, 2.45) is 0 Å². The molecule has 2 radical (unpaired) electrons. The standard InChI is InChI=1S/C16H30/c1-2-4-6-8-10-12-14-16-15-13-11-9-7-5-3-1/h1,4H,2-3,5-16H2. The van der Waals surface area contributed by atoms with Crippen LogP contribution in [0.1, 0.15) is 89.9 Å². The molecule has 16 heavy (non-hydrogen) atoms. The lowest BCUT2D eigenvalue weighted by atomic mass is 10.0.